The van der Waals surface area contributed by atoms with Crippen LogP contribution in [-0.4, -0.2) is 44.9 Å². The number of rotatable bonds is 2. The number of benzene rings is 1. The molecular formula is C14H16ClN5O. The number of aromatic nitrogens is 3. The van der Waals surface area contributed by atoms with Crippen LogP contribution < -0.4 is 5.73 Å². The smallest absolute Gasteiger partial charge is 0.276 e. The highest BCUT2D eigenvalue weighted by Crippen LogP contribution is 2.15. The fourth-order valence-electron chi connectivity index (χ4n) is 2.37. The van der Waals surface area contributed by atoms with E-state index in [4.69, 9.17) is 17.3 Å². The molecule has 1 aromatic heterocycles. The summed E-state index contributed by atoms with van der Waals surface area (Å²) in [4.78, 5) is 14.1. The Hall–Kier alpha value is -1.92. The minimum absolute atomic E-state index is 0.102. The third-order valence-corrected chi connectivity index (χ3v) is 3.85. The Labute approximate surface area is 127 Å². The first-order valence-corrected chi connectivity index (χ1v) is 7.24. The first-order chi connectivity index (χ1) is 10.1. The van der Waals surface area contributed by atoms with Gasteiger partial charge in [0.2, 0.25) is 0 Å². The number of hydrogen-bond donors (Lipinski definition) is 1. The van der Waals surface area contributed by atoms with E-state index >= 15 is 0 Å². The number of amides is 1. The Balaban J connectivity index is 1.77. The van der Waals surface area contributed by atoms with Gasteiger partial charge in [0.25, 0.3) is 5.91 Å². The van der Waals surface area contributed by atoms with Crippen LogP contribution in [0.15, 0.2) is 30.5 Å². The van der Waals surface area contributed by atoms with E-state index in [1.807, 2.05) is 12.1 Å². The summed E-state index contributed by atoms with van der Waals surface area (Å²) in [5.41, 5.74) is 6.96. The number of likely N-dealkylation sites (tertiary alicyclic amines) is 1. The summed E-state index contributed by atoms with van der Waals surface area (Å²) in [7, 11) is 0. The molecular weight excluding hydrogens is 290 g/mol. The number of nitrogens with zero attached hydrogens (tertiary/aromatic N) is 4. The molecule has 6 nitrogen and oxygen atoms in total. The van der Waals surface area contributed by atoms with Gasteiger partial charge >= 0.3 is 0 Å². The predicted molar refractivity (Wildman–Crippen MR) is 79.5 cm³/mol. The van der Waals surface area contributed by atoms with Crippen LogP contribution in [-0.2, 0) is 0 Å². The quantitative estimate of drug-likeness (QED) is 0.912. The maximum Gasteiger partial charge on any atom is 0.276 e. The summed E-state index contributed by atoms with van der Waals surface area (Å²) in [6.07, 6.45) is 3.28. The zero-order chi connectivity index (χ0) is 14.8. The van der Waals surface area contributed by atoms with Gasteiger partial charge in [0, 0.05) is 24.2 Å². The Morgan fingerprint density at radius 1 is 1.33 bits per heavy atom. The summed E-state index contributed by atoms with van der Waals surface area (Å²) >= 11 is 5.95. The molecule has 1 fully saturated rings. The van der Waals surface area contributed by atoms with Gasteiger partial charge in [-0.2, -0.15) is 0 Å². The average molecular weight is 306 g/mol. The summed E-state index contributed by atoms with van der Waals surface area (Å²) < 4.78 is 1.55. The highest BCUT2D eigenvalue weighted by atomic mass is 35.5. The van der Waals surface area contributed by atoms with Crippen LogP contribution in [0.25, 0.3) is 5.69 Å². The summed E-state index contributed by atoms with van der Waals surface area (Å²) in [5, 5.41) is 8.57. The molecule has 1 amide bonds. The lowest BCUT2D eigenvalue weighted by atomic mass is 10.1. The molecule has 1 saturated heterocycles. The minimum atomic E-state index is -0.102. The van der Waals surface area contributed by atoms with E-state index in [1.54, 1.807) is 27.9 Å². The van der Waals surface area contributed by atoms with E-state index < -0.39 is 0 Å². The Morgan fingerprint density at radius 2 is 2.10 bits per heavy atom. The lowest BCUT2D eigenvalue weighted by Gasteiger charge is -2.29. The fraction of sp³-hybridized carbons (Fsp3) is 0.357. The average Bonchev–Trinajstić information content (AvgIpc) is 2.97. The maximum absolute atomic E-state index is 12.4. The van der Waals surface area contributed by atoms with Crippen LogP contribution in [0.3, 0.4) is 0 Å². The summed E-state index contributed by atoms with van der Waals surface area (Å²) in [6.45, 7) is 1.34. The molecule has 0 saturated carbocycles. The van der Waals surface area contributed by atoms with Gasteiger partial charge < -0.3 is 10.6 Å². The van der Waals surface area contributed by atoms with Gasteiger partial charge in [-0.1, -0.05) is 22.9 Å². The van der Waals surface area contributed by atoms with Gasteiger partial charge in [-0.15, -0.1) is 5.10 Å². The van der Waals surface area contributed by atoms with Crippen molar-refractivity contribution in [2.75, 3.05) is 13.1 Å². The first-order valence-electron chi connectivity index (χ1n) is 6.86. The van der Waals surface area contributed by atoms with Gasteiger partial charge in [-0.3, -0.25) is 4.79 Å². The number of hydrogen-bond acceptors (Lipinski definition) is 4. The Morgan fingerprint density at radius 3 is 2.81 bits per heavy atom. The van der Waals surface area contributed by atoms with Gasteiger partial charge in [0.1, 0.15) is 0 Å². The molecule has 0 unspecified atom stereocenters. The second kappa shape index (κ2) is 5.83. The predicted octanol–water partition coefficient (Wildman–Crippen LogP) is 1.48. The molecule has 2 heterocycles. The monoisotopic (exact) mass is 305 g/mol. The standard InChI is InChI=1S/C14H16ClN5O/c15-10-2-1-3-12(8-10)20-9-13(17-18-20)14(21)19-6-4-11(16)5-7-19/h1-3,8-9,11H,4-7,16H2. The van der Waals surface area contributed by atoms with E-state index in [0.717, 1.165) is 18.5 Å². The van der Waals surface area contributed by atoms with E-state index in [9.17, 15) is 4.79 Å². The molecule has 0 atom stereocenters. The molecule has 0 aliphatic carbocycles. The molecule has 2 aromatic rings. The number of carbonyl (C=O) groups excluding carboxylic acids is 1. The molecule has 3 rings (SSSR count). The van der Waals surface area contributed by atoms with Crippen LogP contribution in [0.1, 0.15) is 23.3 Å². The fourth-order valence-corrected chi connectivity index (χ4v) is 2.56. The van der Waals surface area contributed by atoms with Crippen molar-refractivity contribution in [3.05, 3.63) is 41.2 Å². The number of nitrogens with two attached hydrogens (primary N) is 1. The first kappa shape index (κ1) is 14.0. The summed E-state index contributed by atoms with van der Waals surface area (Å²) in [6, 6.07) is 7.42. The second-order valence-electron chi connectivity index (χ2n) is 5.16. The van der Waals surface area contributed by atoms with Crippen molar-refractivity contribution in [1.82, 2.24) is 19.9 Å². The SMILES string of the molecule is NC1CCN(C(=O)c2cn(-c3cccc(Cl)c3)nn2)CC1. The van der Waals surface area contributed by atoms with Crippen molar-refractivity contribution in [3.63, 3.8) is 0 Å². The minimum Gasteiger partial charge on any atom is -0.337 e. The van der Waals surface area contributed by atoms with Crippen molar-refractivity contribution in [2.45, 2.75) is 18.9 Å². The Kier molecular flexibility index (Phi) is 3.90. The molecule has 2 N–H and O–H groups in total. The third kappa shape index (κ3) is 3.06. The number of halogens is 1. The summed E-state index contributed by atoms with van der Waals surface area (Å²) in [5.74, 6) is -0.102. The van der Waals surface area contributed by atoms with Crippen LogP contribution in [0.5, 0.6) is 0 Å². The van der Waals surface area contributed by atoms with E-state index in [1.165, 1.54) is 0 Å². The van der Waals surface area contributed by atoms with Crippen LogP contribution in [0.2, 0.25) is 5.02 Å². The third-order valence-electron chi connectivity index (χ3n) is 3.61. The van der Waals surface area contributed by atoms with E-state index in [0.29, 0.717) is 23.8 Å². The number of carbonyl (C=O) groups is 1. The zero-order valence-electron chi connectivity index (χ0n) is 11.4. The normalized spacial score (nSPS) is 16.2. The Bertz CT molecular complexity index is 648. The van der Waals surface area contributed by atoms with Gasteiger partial charge in [-0.25, -0.2) is 4.68 Å². The zero-order valence-corrected chi connectivity index (χ0v) is 12.2. The molecule has 7 heteroatoms. The molecule has 0 bridgehead atoms. The van der Waals surface area contributed by atoms with Crippen molar-refractivity contribution >= 4 is 17.5 Å². The van der Waals surface area contributed by atoms with Crippen molar-refractivity contribution < 1.29 is 4.79 Å². The molecule has 1 aliphatic heterocycles. The molecule has 1 aliphatic rings. The lowest BCUT2D eigenvalue weighted by Crippen LogP contribution is -2.43. The molecule has 110 valence electrons. The van der Waals surface area contributed by atoms with Crippen LogP contribution in [0, 0.1) is 0 Å². The molecule has 21 heavy (non-hydrogen) atoms. The van der Waals surface area contributed by atoms with Gasteiger partial charge in [0.15, 0.2) is 5.69 Å². The number of piperidine rings is 1. The van der Waals surface area contributed by atoms with Crippen molar-refractivity contribution in [1.29, 1.82) is 0 Å². The highest BCUT2D eigenvalue weighted by Gasteiger charge is 2.23. The van der Waals surface area contributed by atoms with Gasteiger partial charge in [0.05, 0.1) is 11.9 Å². The highest BCUT2D eigenvalue weighted by molar-refractivity contribution is 6.30. The second-order valence-corrected chi connectivity index (χ2v) is 5.59. The van der Waals surface area contributed by atoms with Crippen LogP contribution >= 0.6 is 11.6 Å². The van der Waals surface area contributed by atoms with Crippen molar-refractivity contribution in [2.24, 2.45) is 5.73 Å². The topological polar surface area (TPSA) is 77.0 Å². The van der Waals surface area contributed by atoms with Crippen LogP contribution in [0.4, 0.5) is 0 Å². The molecule has 0 spiro atoms. The maximum atomic E-state index is 12.4. The van der Waals surface area contributed by atoms with Gasteiger partial charge in [-0.05, 0) is 31.0 Å². The van der Waals surface area contributed by atoms with E-state index in [2.05, 4.69) is 10.3 Å². The van der Waals surface area contributed by atoms with E-state index in [-0.39, 0.29) is 11.9 Å². The molecule has 1 aromatic carbocycles. The van der Waals surface area contributed by atoms with Crippen molar-refractivity contribution in [3.8, 4) is 5.69 Å². The largest absolute Gasteiger partial charge is 0.337 e. The lowest BCUT2D eigenvalue weighted by molar-refractivity contribution is 0.0708. The molecule has 0 radical (unpaired) electrons.